The van der Waals surface area contributed by atoms with E-state index in [0.29, 0.717) is 5.92 Å². The van der Waals surface area contributed by atoms with Crippen molar-refractivity contribution in [1.29, 1.82) is 0 Å². The Hall–Kier alpha value is -1.02. The van der Waals surface area contributed by atoms with Gasteiger partial charge in [0.15, 0.2) is 0 Å². The number of hydrogen-bond acceptors (Lipinski definition) is 2. The van der Waals surface area contributed by atoms with Gasteiger partial charge in [-0.15, -0.1) is 0 Å². The van der Waals surface area contributed by atoms with Gasteiger partial charge in [0.05, 0.1) is 0 Å². The lowest BCUT2D eigenvalue weighted by atomic mass is 9.81. The SMILES string of the molecule is CC(c1ccccc1N)C1CCN(C)CC1. The summed E-state index contributed by atoms with van der Waals surface area (Å²) in [4.78, 5) is 2.41. The van der Waals surface area contributed by atoms with Crippen molar-refractivity contribution in [3.8, 4) is 0 Å². The molecule has 1 fully saturated rings. The molecule has 2 nitrogen and oxygen atoms in total. The molecule has 0 spiro atoms. The summed E-state index contributed by atoms with van der Waals surface area (Å²) in [6, 6.07) is 8.30. The monoisotopic (exact) mass is 218 g/mol. The summed E-state index contributed by atoms with van der Waals surface area (Å²) in [5.41, 5.74) is 8.33. The molecule has 1 aromatic rings. The van der Waals surface area contributed by atoms with E-state index in [1.165, 1.54) is 31.5 Å². The van der Waals surface area contributed by atoms with Crippen LogP contribution in [0, 0.1) is 5.92 Å². The molecule has 0 amide bonds. The summed E-state index contributed by atoms with van der Waals surface area (Å²) in [5, 5.41) is 0. The second-order valence-electron chi connectivity index (χ2n) is 5.06. The zero-order valence-electron chi connectivity index (χ0n) is 10.3. The molecule has 1 aromatic carbocycles. The standard InChI is InChI=1S/C14H22N2/c1-11(12-7-9-16(2)10-8-12)13-5-3-4-6-14(13)15/h3-6,11-12H,7-10,15H2,1-2H3. The van der Waals surface area contributed by atoms with Gasteiger partial charge in [-0.05, 0) is 56.4 Å². The van der Waals surface area contributed by atoms with E-state index >= 15 is 0 Å². The fourth-order valence-electron chi connectivity index (χ4n) is 2.71. The van der Waals surface area contributed by atoms with Crippen LogP contribution in [0.25, 0.3) is 0 Å². The smallest absolute Gasteiger partial charge is 0.0349 e. The quantitative estimate of drug-likeness (QED) is 0.773. The Kier molecular flexibility index (Phi) is 3.49. The topological polar surface area (TPSA) is 29.3 Å². The van der Waals surface area contributed by atoms with Crippen molar-refractivity contribution in [3.63, 3.8) is 0 Å². The summed E-state index contributed by atoms with van der Waals surface area (Å²) in [7, 11) is 2.21. The third kappa shape index (κ3) is 2.38. The van der Waals surface area contributed by atoms with Crippen molar-refractivity contribution in [2.45, 2.75) is 25.7 Å². The number of anilines is 1. The van der Waals surface area contributed by atoms with Crippen LogP contribution >= 0.6 is 0 Å². The van der Waals surface area contributed by atoms with Crippen LogP contribution in [0.4, 0.5) is 5.69 Å². The zero-order valence-corrected chi connectivity index (χ0v) is 10.3. The van der Waals surface area contributed by atoms with Crippen molar-refractivity contribution < 1.29 is 0 Å². The maximum absolute atomic E-state index is 6.05. The Balaban J connectivity index is 2.07. The number of piperidine rings is 1. The number of nitrogens with zero attached hydrogens (tertiary/aromatic N) is 1. The van der Waals surface area contributed by atoms with Gasteiger partial charge >= 0.3 is 0 Å². The average Bonchev–Trinajstić information content (AvgIpc) is 2.30. The first-order valence-electron chi connectivity index (χ1n) is 6.21. The lowest BCUT2D eigenvalue weighted by molar-refractivity contribution is 0.202. The third-order valence-electron chi connectivity index (χ3n) is 3.96. The Labute approximate surface area is 98.4 Å². The molecule has 2 N–H and O–H groups in total. The van der Waals surface area contributed by atoms with E-state index in [9.17, 15) is 0 Å². The predicted octanol–water partition coefficient (Wildman–Crippen LogP) is 2.71. The van der Waals surface area contributed by atoms with Gasteiger partial charge in [0.25, 0.3) is 0 Å². The highest BCUT2D eigenvalue weighted by molar-refractivity contribution is 5.48. The highest BCUT2D eigenvalue weighted by Gasteiger charge is 2.24. The number of nitrogen functional groups attached to an aromatic ring is 1. The molecule has 1 aliphatic heterocycles. The van der Waals surface area contributed by atoms with Gasteiger partial charge in [-0.3, -0.25) is 0 Å². The van der Waals surface area contributed by atoms with Gasteiger partial charge in [0.1, 0.15) is 0 Å². The van der Waals surface area contributed by atoms with Gasteiger partial charge in [-0.2, -0.15) is 0 Å². The number of para-hydroxylation sites is 1. The molecule has 2 rings (SSSR count). The van der Waals surface area contributed by atoms with E-state index in [2.05, 4.69) is 31.0 Å². The summed E-state index contributed by atoms with van der Waals surface area (Å²) in [6.45, 7) is 4.77. The van der Waals surface area contributed by atoms with Crippen LogP contribution in [-0.2, 0) is 0 Å². The molecule has 1 aliphatic rings. The molecule has 0 aliphatic carbocycles. The van der Waals surface area contributed by atoms with Gasteiger partial charge in [0, 0.05) is 5.69 Å². The molecule has 1 atom stereocenters. The Morgan fingerprint density at radius 2 is 1.88 bits per heavy atom. The molecular formula is C14H22N2. The van der Waals surface area contributed by atoms with Gasteiger partial charge < -0.3 is 10.6 Å². The number of rotatable bonds is 2. The number of likely N-dealkylation sites (tertiary alicyclic amines) is 1. The highest BCUT2D eigenvalue weighted by atomic mass is 15.1. The summed E-state index contributed by atoms with van der Waals surface area (Å²) in [5.74, 6) is 1.38. The molecule has 0 bridgehead atoms. The van der Waals surface area contributed by atoms with Gasteiger partial charge in [-0.25, -0.2) is 0 Å². The third-order valence-corrected chi connectivity index (χ3v) is 3.96. The highest BCUT2D eigenvalue weighted by Crippen LogP contribution is 2.34. The normalized spacial score (nSPS) is 20.9. The van der Waals surface area contributed by atoms with Crippen LogP contribution in [0.3, 0.4) is 0 Å². The van der Waals surface area contributed by atoms with Crippen molar-refractivity contribution in [2.75, 3.05) is 25.9 Å². The first-order chi connectivity index (χ1) is 7.68. The Morgan fingerprint density at radius 3 is 2.50 bits per heavy atom. The summed E-state index contributed by atoms with van der Waals surface area (Å²) < 4.78 is 0. The Bertz CT molecular complexity index is 340. The fourth-order valence-corrected chi connectivity index (χ4v) is 2.71. The predicted molar refractivity (Wildman–Crippen MR) is 69.5 cm³/mol. The molecule has 0 radical (unpaired) electrons. The van der Waals surface area contributed by atoms with Crippen LogP contribution in [0.1, 0.15) is 31.2 Å². The van der Waals surface area contributed by atoms with Crippen LogP contribution in [0.5, 0.6) is 0 Å². The minimum Gasteiger partial charge on any atom is -0.398 e. The van der Waals surface area contributed by atoms with Crippen molar-refractivity contribution in [1.82, 2.24) is 4.90 Å². The second-order valence-corrected chi connectivity index (χ2v) is 5.06. The van der Waals surface area contributed by atoms with Crippen molar-refractivity contribution in [3.05, 3.63) is 29.8 Å². The van der Waals surface area contributed by atoms with Crippen LogP contribution in [0.15, 0.2) is 24.3 Å². The van der Waals surface area contributed by atoms with Crippen molar-refractivity contribution in [2.24, 2.45) is 5.92 Å². The molecule has 0 aromatic heterocycles. The summed E-state index contributed by atoms with van der Waals surface area (Å²) in [6.07, 6.45) is 2.60. The molecule has 1 saturated heterocycles. The molecule has 1 heterocycles. The molecule has 2 heteroatoms. The Morgan fingerprint density at radius 1 is 1.25 bits per heavy atom. The van der Waals surface area contributed by atoms with Gasteiger partial charge in [-0.1, -0.05) is 25.1 Å². The summed E-state index contributed by atoms with van der Waals surface area (Å²) >= 11 is 0. The maximum Gasteiger partial charge on any atom is 0.0349 e. The minimum atomic E-state index is 0.592. The first-order valence-corrected chi connectivity index (χ1v) is 6.21. The molecule has 16 heavy (non-hydrogen) atoms. The van der Waals surface area contributed by atoms with E-state index < -0.39 is 0 Å². The van der Waals surface area contributed by atoms with Crippen LogP contribution < -0.4 is 5.73 Å². The first kappa shape index (κ1) is 11.5. The van der Waals surface area contributed by atoms with Crippen LogP contribution in [-0.4, -0.2) is 25.0 Å². The van der Waals surface area contributed by atoms with E-state index in [4.69, 9.17) is 5.73 Å². The second kappa shape index (κ2) is 4.88. The maximum atomic E-state index is 6.05. The number of nitrogens with two attached hydrogens (primary N) is 1. The number of hydrogen-bond donors (Lipinski definition) is 1. The van der Waals surface area contributed by atoms with Crippen molar-refractivity contribution >= 4 is 5.69 Å². The van der Waals surface area contributed by atoms with E-state index in [-0.39, 0.29) is 0 Å². The van der Waals surface area contributed by atoms with Gasteiger partial charge in [0.2, 0.25) is 0 Å². The lowest BCUT2D eigenvalue weighted by Crippen LogP contribution is -2.32. The lowest BCUT2D eigenvalue weighted by Gasteiger charge is -2.33. The molecule has 0 saturated carbocycles. The van der Waals surface area contributed by atoms with E-state index in [1.54, 1.807) is 0 Å². The molecule has 88 valence electrons. The average molecular weight is 218 g/mol. The molecule has 1 unspecified atom stereocenters. The molecular weight excluding hydrogens is 196 g/mol. The fraction of sp³-hybridized carbons (Fsp3) is 0.571. The zero-order chi connectivity index (χ0) is 11.5. The number of benzene rings is 1. The van der Waals surface area contributed by atoms with E-state index in [0.717, 1.165) is 11.6 Å². The minimum absolute atomic E-state index is 0.592. The van der Waals surface area contributed by atoms with Crippen LogP contribution in [0.2, 0.25) is 0 Å². The van der Waals surface area contributed by atoms with E-state index in [1.807, 2.05) is 12.1 Å². The largest absolute Gasteiger partial charge is 0.398 e.